The third kappa shape index (κ3) is 13.5. The number of hydrogen-bond donors (Lipinski definition) is 0. The van der Waals surface area contributed by atoms with Crippen LogP contribution in [0, 0.1) is 17.8 Å². The summed E-state index contributed by atoms with van der Waals surface area (Å²) in [5, 5.41) is 0. The fourth-order valence-electron chi connectivity index (χ4n) is 4.09. The molecule has 33 heavy (non-hydrogen) atoms. The zero-order valence-electron chi connectivity index (χ0n) is 21.7. The van der Waals surface area contributed by atoms with Crippen molar-refractivity contribution in [1.29, 1.82) is 0 Å². The maximum atomic E-state index is 12.9. The molecule has 0 aromatic heterocycles. The highest BCUT2D eigenvalue weighted by Crippen LogP contribution is 2.20. The summed E-state index contributed by atoms with van der Waals surface area (Å²) < 4.78 is 11.3. The van der Waals surface area contributed by atoms with E-state index in [1.54, 1.807) is 0 Å². The molecule has 0 N–H and O–H groups in total. The van der Waals surface area contributed by atoms with Gasteiger partial charge in [-0.05, 0) is 49.5 Å². The molecule has 4 nitrogen and oxygen atoms in total. The van der Waals surface area contributed by atoms with Crippen LogP contribution in [-0.2, 0) is 25.5 Å². The van der Waals surface area contributed by atoms with Gasteiger partial charge in [0.1, 0.15) is 0 Å². The van der Waals surface area contributed by atoms with Crippen LogP contribution in [0.5, 0.6) is 0 Å². The van der Waals surface area contributed by atoms with E-state index in [9.17, 15) is 9.59 Å². The van der Waals surface area contributed by atoms with Gasteiger partial charge in [0.15, 0.2) is 0 Å². The maximum absolute atomic E-state index is 12.9. The highest BCUT2D eigenvalue weighted by Gasteiger charge is 2.22. The van der Waals surface area contributed by atoms with Crippen molar-refractivity contribution in [2.45, 2.75) is 105 Å². The average Bonchev–Trinajstić information content (AvgIpc) is 2.84. The highest BCUT2D eigenvalue weighted by molar-refractivity contribution is 5.73. The first-order valence-electron chi connectivity index (χ1n) is 13.4. The van der Waals surface area contributed by atoms with Gasteiger partial charge in [0.05, 0.1) is 19.1 Å². The van der Waals surface area contributed by atoms with Crippen molar-refractivity contribution in [3.8, 4) is 0 Å². The molecule has 0 aliphatic carbocycles. The van der Waals surface area contributed by atoms with Crippen LogP contribution < -0.4 is 0 Å². The van der Waals surface area contributed by atoms with Crippen molar-refractivity contribution in [3.63, 3.8) is 0 Å². The highest BCUT2D eigenvalue weighted by atomic mass is 16.5. The fourth-order valence-corrected chi connectivity index (χ4v) is 4.09. The smallest absolute Gasteiger partial charge is 0.309 e. The van der Waals surface area contributed by atoms with E-state index in [1.807, 2.05) is 30.3 Å². The Labute approximate surface area is 202 Å². The predicted octanol–water partition coefficient (Wildman–Crippen LogP) is 7.53. The van der Waals surface area contributed by atoms with Crippen LogP contribution in [0.15, 0.2) is 30.3 Å². The molecule has 0 fully saturated rings. The molecule has 0 bridgehead atoms. The van der Waals surface area contributed by atoms with Crippen molar-refractivity contribution < 1.29 is 19.1 Å². The molecule has 1 aromatic rings. The largest absolute Gasteiger partial charge is 0.465 e. The molecule has 0 saturated heterocycles. The monoisotopic (exact) mass is 460 g/mol. The van der Waals surface area contributed by atoms with Crippen molar-refractivity contribution in [2.24, 2.45) is 17.8 Å². The molecule has 3 atom stereocenters. The van der Waals surface area contributed by atoms with Gasteiger partial charge >= 0.3 is 11.9 Å². The number of carbonyl (C=O) groups excluding carboxylic acids is 2. The number of esters is 2. The van der Waals surface area contributed by atoms with E-state index in [0.29, 0.717) is 50.7 Å². The second-order valence-electron chi connectivity index (χ2n) is 9.42. The molecule has 0 aliphatic heterocycles. The zero-order chi connectivity index (χ0) is 24.3. The van der Waals surface area contributed by atoms with E-state index >= 15 is 0 Å². The molecule has 1 rings (SSSR count). The second-order valence-corrected chi connectivity index (χ2v) is 9.42. The van der Waals surface area contributed by atoms with Gasteiger partial charge in [-0.25, -0.2) is 0 Å². The Hall–Kier alpha value is -1.84. The van der Waals surface area contributed by atoms with E-state index in [0.717, 1.165) is 37.7 Å². The van der Waals surface area contributed by atoms with Crippen LogP contribution in [0.2, 0.25) is 0 Å². The predicted molar refractivity (Wildman–Crippen MR) is 136 cm³/mol. The Morgan fingerprint density at radius 1 is 0.758 bits per heavy atom. The molecule has 188 valence electrons. The maximum Gasteiger partial charge on any atom is 0.309 e. The van der Waals surface area contributed by atoms with Crippen molar-refractivity contribution in [1.82, 2.24) is 0 Å². The zero-order valence-corrected chi connectivity index (χ0v) is 21.7. The van der Waals surface area contributed by atoms with E-state index in [-0.39, 0.29) is 17.9 Å². The standard InChI is InChI=1S/C29H48O4/c1-5-9-15-24(7-3)22-32-28(30)20-14-19-27(21-26-17-12-11-13-18-26)29(31)33-23-25(8-4)16-10-6-2/h11-13,17-18,24-25,27H,5-10,14-16,19-23H2,1-4H3. The van der Waals surface area contributed by atoms with Crippen LogP contribution >= 0.6 is 0 Å². The molecule has 3 unspecified atom stereocenters. The van der Waals surface area contributed by atoms with Crippen molar-refractivity contribution >= 4 is 11.9 Å². The Bertz CT molecular complexity index is 628. The summed E-state index contributed by atoms with van der Waals surface area (Å²) in [6, 6.07) is 10.1. The molecular weight excluding hydrogens is 412 g/mol. The van der Waals surface area contributed by atoms with E-state index in [1.165, 1.54) is 19.3 Å². The summed E-state index contributed by atoms with van der Waals surface area (Å²) in [7, 11) is 0. The number of benzene rings is 1. The lowest BCUT2D eigenvalue weighted by atomic mass is 9.94. The molecule has 0 radical (unpaired) electrons. The Morgan fingerprint density at radius 3 is 1.88 bits per heavy atom. The normalized spacial score (nSPS) is 13.8. The summed E-state index contributed by atoms with van der Waals surface area (Å²) in [5.41, 5.74) is 1.13. The summed E-state index contributed by atoms with van der Waals surface area (Å²) in [6.07, 6.45) is 11.2. The summed E-state index contributed by atoms with van der Waals surface area (Å²) in [6.45, 7) is 9.70. The minimum absolute atomic E-state index is 0.132. The Kier molecular flexibility index (Phi) is 16.4. The van der Waals surface area contributed by atoms with Crippen molar-refractivity contribution in [2.75, 3.05) is 13.2 Å². The van der Waals surface area contributed by atoms with Gasteiger partial charge in [-0.3, -0.25) is 9.59 Å². The van der Waals surface area contributed by atoms with Crippen LogP contribution in [0.3, 0.4) is 0 Å². The van der Waals surface area contributed by atoms with Gasteiger partial charge in [0, 0.05) is 6.42 Å². The molecule has 0 saturated carbocycles. The number of unbranched alkanes of at least 4 members (excludes halogenated alkanes) is 2. The third-order valence-corrected chi connectivity index (χ3v) is 6.62. The first-order valence-corrected chi connectivity index (χ1v) is 13.4. The second kappa shape index (κ2) is 18.6. The lowest BCUT2D eigenvalue weighted by molar-refractivity contribution is -0.151. The molecule has 0 heterocycles. The summed E-state index contributed by atoms with van der Waals surface area (Å²) in [4.78, 5) is 25.2. The molecule has 0 aliphatic rings. The summed E-state index contributed by atoms with van der Waals surface area (Å²) in [5.74, 6) is 0.376. The third-order valence-electron chi connectivity index (χ3n) is 6.62. The van der Waals surface area contributed by atoms with Gasteiger partial charge in [-0.2, -0.15) is 0 Å². The van der Waals surface area contributed by atoms with E-state index in [2.05, 4.69) is 27.7 Å². The Balaban J connectivity index is 2.55. The minimum atomic E-state index is -0.225. The first-order chi connectivity index (χ1) is 16.0. The Morgan fingerprint density at radius 2 is 1.33 bits per heavy atom. The van der Waals surface area contributed by atoms with Crippen LogP contribution in [-0.4, -0.2) is 25.2 Å². The van der Waals surface area contributed by atoms with Gasteiger partial charge in [-0.15, -0.1) is 0 Å². The summed E-state index contributed by atoms with van der Waals surface area (Å²) >= 11 is 0. The van der Waals surface area contributed by atoms with Crippen LogP contribution in [0.1, 0.15) is 104 Å². The molecule has 0 amide bonds. The van der Waals surface area contributed by atoms with Gasteiger partial charge < -0.3 is 9.47 Å². The van der Waals surface area contributed by atoms with Gasteiger partial charge in [0.2, 0.25) is 0 Å². The quantitative estimate of drug-likeness (QED) is 0.200. The van der Waals surface area contributed by atoms with Crippen LogP contribution in [0.25, 0.3) is 0 Å². The molecule has 1 aromatic carbocycles. The lowest BCUT2D eigenvalue weighted by Gasteiger charge is -2.19. The minimum Gasteiger partial charge on any atom is -0.465 e. The number of carbonyl (C=O) groups is 2. The fraction of sp³-hybridized carbons (Fsp3) is 0.724. The SMILES string of the molecule is CCCCC(CC)COC(=O)CCCC(Cc1ccccc1)C(=O)OCC(CC)CCCC. The topological polar surface area (TPSA) is 52.6 Å². The average molecular weight is 461 g/mol. The van der Waals surface area contributed by atoms with E-state index in [4.69, 9.17) is 9.47 Å². The lowest BCUT2D eigenvalue weighted by Crippen LogP contribution is -2.23. The number of hydrogen-bond acceptors (Lipinski definition) is 4. The van der Waals surface area contributed by atoms with E-state index < -0.39 is 0 Å². The number of rotatable bonds is 19. The number of ether oxygens (including phenoxy) is 2. The van der Waals surface area contributed by atoms with Crippen LogP contribution in [0.4, 0.5) is 0 Å². The van der Waals surface area contributed by atoms with Crippen molar-refractivity contribution in [3.05, 3.63) is 35.9 Å². The molecular formula is C29H48O4. The van der Waals surface area contributed by atoms with Gasteiger partial charge in [0.25, 0.3) is 0 Å². The van der Waals surface area contributed by atoms with Gasteiger partial charge in [-0.1, -0.05) is 96.6 Å². The molecule has 4 heteroatoms. The first kappa shape index (κ1) is 29.2. The molecule has 0 spiro atoms.